The summed E-state index contributed by atoms with van der Waals surface area (Å²) in [6.07, 6.45) is 10.5. The molecule has 40 heavy (non-hydrogen) atoms. The number of hydrogen-bond acceptors (Lipinski definition) is 4. The number of nitrogens with zero attached hydrogens (tertiary/aromatic N) is 1. The molecule has 2 N–H and O–H groups in total. The van der Waals surface area contributed by atoms with Gasteiger partial charge in [0, 0.05) is 22.8 Å². The van der Waals surface area contributed by atoms with Gasteiger partial charge in [0.1, 0.15) is 11.6 Å². The van der Waals surface area contributed by atoms with Crippen molar-refractivity contribution in [2.45, 2.75) is 102 Å². The summed E-state index contributed by atoms with van der Waals surface area (Å²) >= 11 is 6.31. The number of benzene rings is 1. The van der Waals surface area contributed by atoms with Crippen molar-refractivity contribution in [3.63, 3.8) is 0 Å². The molecule has 2 saturated carbocycles. The van der Waals surface area contributed by atoms with Crippen molar-refractivity contribution in [1.82, 2.24) is 10.2 Å². The van der Waals surface area contributed by atoms with Gasteiger partial charge in [-0.05, 0) is 61.6 Å². The number of ether oxygens (including phenoxy) is 1. The minimum atomic E-state index is -1.14. The van der Waals surface area contributed by atoms with Crippen molar-refractivity contribution in [3.05, 3.63) is 40.9 Å². The first-order valence-corrected chi connectivity index (χ1v) is 15.6. The second-order valence-electron chi connectivity index (χ2n) is 13.1. The first-order chi connectivity index (χ1) is 19.1. The molecule has 2 saturated heterocycles. The number of rotatable bonds is 5. The Balaban J connectivity index is 1.33. The van der Waals surface area contributed by atoms with Gasteiger partial charge in [0.2, 0.25) is 17.7 Å². The standard InChI is InChI=1S/C32H42ClN3O4/c1-17-9-7-10-23(20(17)4)35-30(38)28-32-15-14-25(40-32)26(29(37)34-21-13-12-18(2)22(33)16-21)27(32)31(39)36(28)24-11-6-5-8-19(24)3/h12-17,19-20,23-28H,5-11H2,1-4H3,(H,34,37)(H,35,38)/t17-,19+,20-,23+,24-,25-,26+,27-,28-,32-/m0/s1. The first kappa shape index (κ1) is 27.8. The SMILES string of the molecule is Cc1ccc(NC(=O)[C@@H]2[C@@H]3C=C[C@]4(O3)[C@@H]2C(=O)N([C@H]2CCCC[C@H]2C)[C@H]4C(=O)N[C@@H]2CCC[C@H](C)[C@@H]2C)cc1Cl. The molecule has 0 aromatic heterocycles. The maximum atomic E-state index is 14.4. The molecule has 8 heteroatoms. The monoisotopic (exact) mass is 567 g/mol. The summed E-state index contributed by atoms with van der Waals surface area (Å²) < 4.78 is 6.57. The summed E-state index contributed by atoms with van der Waals surface area (Å²) in [6.45, 7) is 8.56. The van der Waals surface area contributed by atoms with Crippen molar-refractivity contribution < 1.29 is 19.1 Å². The van der Waals surface area contributed by atoms with Gasteiger partial charge in [-0.3, -0.25) is 14.4 Å². The van der Waals surface area contributed by atoms with Gasteiger partial charge >= 0.3 is 0 Å². The van der Waals surface area contributed by atoms with Gasteiger partial charge in [0.25, 0.3) is 0 Å². The Morgan fingerprint density at radius 3 is 2.52 bits per heavy atom. The minimum absolute atomic E-state index is 0.0460. The summed E-state index contributed by atoms with van der Waals surface area (Å²) in [5, 5.41) is 6.92. The van der Waals surface area contributed by atoms with Crippen LogP contribution in [-0.2, 0) is 19.1 Å². The highest BCUT2D eigenvalue weighted by atomic mass is 35.5. The van der Waals surface area contributed by atoms with Crippen molar-refractivity contribution in [2.75, 3.05) is 5.32 Å². The minimum Gasteiger partial charge on any atom is -0.359 e. The van der Waals surface area contributed by atoms with Gasteiger partial charge in [-0.1, -0.05) is 76.3 Å². The molecule has 0 radical (unpaired) electrons. The third kappa shape index (κ3) is 4.39. The van der Waals surface area contributed by atoms with Crippen molar-refractivity contribution in [1.29, 1.82) is 0 Å². The van der Waals surface area contributed by atoms with Crippen LogP contribution >= 0.6 is 11.6 Å². The number of aryl methyl sites for hydroxylation is 1. The third-order valence-electron chi connectivity index (χ3n) is 10.8. The molecule has 3 amide bonds. The lowest BCUT2D eigenvalue weighted by molar-refractivity contribution is -0.146. The number of halogens is 1. The lowest BCUT2D eigenvalue weighted by Crippen LogP contribution is -2.60. The van der Waals surface area contributed by atoms with E-state index in [4.69, 9.17) is 16.3 Å². The number of fused-ring (bicyclic) bond motifs is 1. The van der Waals surface area contributed by atoms with E-state index in [1.165, 1.54) is 6.42 Å². The Kier molecular flexibility index (Phi) is 7.27. The molecule has 3 aliphatic heterocycles. The van der Waals surface area contributed by atoms with Crippen LogP contribution in [0.2, 0.25) is 5.02 Å². The molecule has 5 aliphatic rings. The molecular formula is C32H42ClN3O4. The molecule has 7 nitrogen and oxygen atoms in total. The van der Waals surface area contributed by atoms with Crippen LogP contribution in [0.4, 0.5) is 5.69 Å². The van der Waals surface area contributed by atoms with Crippen molar-refractivity contribution in [2.24, 2.45) is 29.6 Å². The highest BCUT2D eigenvalue weighted by molar-refractivity contribution is 6.31. The number of amides is 3. The first-order valence-electron chi connectivity index (χ1n) is 15.2. The maximum Gasteiger partial charge on any atom is 0.246 e. The van der Waals surface area contributed by atoms with Crippen LogP contribution in [0.15, 0.2) is 30.4 Å². The second-order valence-corrected chi connectivity index (χ2v) is 13.5. The number of nitrogens with one attached hydrogen (secondary N) is 2. The fraction of sp³-hybridized carbons (Fsp3) is 0.656. The quantitative estimate of drug-likeness (QED) is 0.475. The maximum absolute atomic E-state index is 14.4. The number of carbonyl (C=O) groups is 3. The van der Waals surface area contributed by atoms with Crippen LogP contribution in [-0.4, -0.2) is 52.5 Å². The van der Waals surface area contributed by atoms with Crippen LogP contribution in [0.5, 0.6) is 0 Å². The van der Waals surface area contributed by atoms with E-state index in [1.54, 1.807) is 6.07 Å². The molecular weight excluding hydrogens is 526 g/mol. The Hall–Kier alpha value is -2.38. The van der Waals surface area contributed by atoms with E-state index in [0.29, 0.717) is 22.5 Å². The lowest BCUT2D eigenvalue weighted by atomic mass is 9.73. The van der Waals surface area contributed by atoms with E-state index in [2.05, 4.69) is 31.4 Å². The van der Waals surface area contributed by atoms with Crippen LogP contribution in [0.25, 0.3) is 0 Å². The van der Waals surface area contributed by atoms with Gasteiger partial charge in [-0.15, -0.1) is 0 Å². The third-order valence-corrected chi connectivity index (χ3v) is 11.2. The van der Waals surface area contributed by atoms with Gasteiger partial charge < -0.3 is 20.3 Å². The van der Waals surface area contributed by atoms with E-state index in [-0.39, 0.29) is 35.7 Å². The highest BCUT2D eigenvalue weighted by Crippen LogP contribution is 2.56. The molecule has 2 aliphatic carbocycles. The molecule has 10 atom stereocenters. The van der Waals surface area contributed by atoms with Gasteiger partial charge in [0.15, 0.2) is 0 Å². The summed E-state index contributed by atoms with van der Waals surface area (Å²) in [7, 11) is 0. The number of hydrogen-bond donors (Lipinski definition) is 2. The van der Waals surface area contributed by atoms with Crippen molar-refractivity contribution >= 4 is 35.0 Å². The Morgan fingerprint density at radius 2 is 1.77 bits per heavy atom. The van der Waals surface area contributed by atoms with E-state index < -0.39 is 29.6 Å². The molecule has 6 rings (SSSR count). The Morgan fingerprint density at radius 1 is 1.02 bits per heavy atom. The fourth-order valence-corrected chi connectivity index (χ4v) is 8.40. The fourth-order valence-electron chi connectivity index (χ4n) is 8.22. The Labute approximate surface area is 242 Å². The zero-order valence-electron chi connectivity index (χ0n) is 24.0. The van der Waals surface area contributed by atoms with E-state index in [0.717, 1.165) is 44.1 Å². The zero-order valence-corrected chi connectivity index (χ0v) is 24.7. The normalized spacial score (nSPS) is 40.3. The largest absolute Gasteiger partial charge is 0.359 e. The molecule has 0 unspecified atom stereocenters. The average Bonchev–Trinajstić information content (AvgIpc) is 3.56. The predicted octanol–water partition coefficient (Wildman–Crippen LogP) is 5.26. The van der Waals surface area contributed by atoms with E-state index >= 15 is 0 Å². The molecule has 2 bridgehead atoms. The summed E-state index contributed by atoms with van der Waals surface area (Å²) in [4.78, 5) is 44.3. The summed E-state index contributed by atoms with van der Waals surface area (Å²) in [5.41, 5.74) is 0.363. The van der Waals surface area contributed by atoms with E-state index in [1.807, 2.05) is 36.1 Å². The van der Waals surface area contributed by atoms with E-state index in [9.17, 15) is 14.4 Å². The van der Waals surface area contributed by atoms with Crippen LogP contribution in [0, 0.1) is 36.5 Å². The topological polar surface area (TPSA) is 87.7 Å². The molecule has 1 aromatic carbocycles. The molecule has 1 spiro atoms. The number of carbonyl (C=O) groups excluding carboxylic acids is 3. The average molecular weight is 568 g/mol. The second kappa shape index (κ2) is 10.5. The summed E-state index contributed by atoms with van der Waals surface area (Å²) in [6, 6.07) is 4.64. The Bertz CT molecular complexity index is 1230. The molecule has 216 valence electrons. The highest BCUT2D eigenvalue weighted by Gasteiger charge is 2.73. The number of likely N-dealkylation sites (tertiary alicyclic amines) is 1. The van der Waals surface area contributed by atoms with Gasteiger partial charge in [0.05, 0.1) is 17.9 Å². The lowest BCUT2D eigenvalue weighted by Gasteiger charge is -2.42. The molecule has 4 fully saturated rings. The van der Waals surface area contributed by atoms with Gasteiger partial charge in [-0.2, -0.15) is 0 Å². The van der Waals surface area contributed by atoms with Crippen LogP contribution in [0.3, 0.4) is 0 Å². The van der Waals surface area contributed by atoms with Crippen LogP contribution < -0.4 is 10.6 Å². The van der Waals surface area contributed by atoms with Crippen molar-refractivity contribution in [3.8, 4) is 0 Å². The molecule has 3 heterocycles. The predicted molar refractivity (Wildman–Crippen MR) is 155 cm³/mol. The van der Waals surface area contributed by atoms with Gasteiger partial charge in [-0.25, -0.2) is 0 Å². The smallest absolute Gasteiger partial charge is 0.246 e. The summed E-state index contributed by atoms with van der Waals surface area (Å²) in [5.74, 6) is -0.828. The number of anilines is 1. The molecule has 1 aromatic rings. The van der Waals surface area contributed by atoms with Crippen LogP contribution in [0.1, 0.15) is 71.3 Å². The zero-order chi connectivity index (χ0) is 28.3.